The first-order valence-corrected chi connectivity index (χ1v) is 27.8. The summed E-state index contributed by atoms with van der Waals surface area (Å²) in [5, 5.41) is 26.3. The normalized spacial score (nSPS) is 22.9. The van der Waals surface area contributed by atoms with Gasteiger partial charge in [0.15, 0.2) is 17.2 Å². The van der Waals surface area contributed by atoms with Gasteiger partial charge in [0.2, 0.25) is 5.91 Å². The predicted octanol–water partition coefficient (Wildman–Crippen LogP) is 8.44. The number of aromatic nitrogens is 2. The molecule has 0 unspecified atom stereocenters. The number of piperazine rings is 1. The predicted molar refractivity (Wildman–Crippen MR) is 282 cm³/mol. The van der Waals surface area contributed by atoms with Crippen molar-refractivity contribution in [1.82, 2.24) is 24.5 Å². The Hall–Kier alpha value is -6.55. The lowest BCUT2D eigenvalue weighted by Gasteiger charge is -2.58. The monoisotopic (exact) mass is 1070 g/mol. The van der Waals surface area contributed by atoms with Crippen LogP contribution in [0.1, 0.15) is 113 Å². The fourth-order valence-electron chi connectivity index (χ4n) is 12.1. The molecule has 0 radical (unpaired) electrons. The molecule has 1 spiro atoms. The van der Waals surface area contributed by atoms with Crippen molar-refractivity contribution >= 4 is 49.9 Å². The number of benzene rings is 3. The van der Waals surface area contributed by atoms with Crippen LogP contribution >= 0.6 is 0 Å². The number of nitro benzene ring substituents is 1. The molecule has 406 valence electrons. The minimum Gasteiger partial charge on any atom is -0.489 e. The van der Waals surface area contributed by atoms with Crippen LogP contribution in [-0.2, 0) is 19.6 Å². The number of halogens is 1. The minimum absolute atomic E-state index is 0.0324. The maximum atomic E-state index is 15.1. The number of hydrogen-bond acceptors (Lipinski definition) is 15. The summed E-state index contributed by atoms with van der Waals surface area (Å²) in [5.74, 6) is -1.46. The Morgan fingerprint density at radius 2 is 1.76 bits per heavy atom. The molecule has 3 aromatic carbocycles. The Bertz CT molecular complexity index is 3120. The third kappa shape index (κ3) is 10.7. The molecule has 2 aliphatic carbocycles. The van der Waals surface area contributed by atoms with Crippen LogP contribution in [0.3, 0.4) is 0 Å². The molecule has 19 nitrogen and oxygen atoms in total. The summed E-state index contributed by atoms with van der Waals surface area (Å²) in [4.78, 5) is 52.3. The number of amides is 2. The Morgan fingerprint density at radius 3 is 2.47 bits per heavy atom. The molecule has 5 aliphatic rings. The first-order valence-electron chi connectivity index (χ1n) is 26.3. The lowest BCUT2D eigenvalue weighted by molar-refractivity contribution is -0.384. The number of nitrogens with zero attached hydrogens (tertiary/aromatic N) is 5. The number of ether oxygens (including phenoxy) is 4. The number of carbonyl (C=O) groups is 2. The van der Waals surface area contributed by atoms with Gasteiger partial charge in [-0.25, -0.2) is 17.5 Å². The van der Waals surface area contributed by atoms with Gasteiger partial charge in [0.1, 0.15) is 30.4 Å². The van der Waals surface area contributed by atoms with Crippen LogP contribution in [0, 0.1) is 27.3 Å². The van der Waals surface area contributed by atoms with Crippen LogP contribution in [0.4, 0.5) is 21.5 Å². The fourth-order valence-corrected chi connectivity index (χ4v) is 13.1. The lowest BCUT2D eigenvalue weighted by atomic mass is 9.59. The van der Waals surface area contributed by atoms with Gasteiger partial charge in [-0.15, -0.1) is 0 Å². The summed E-state index contributed by atoms with van der Waals surface area (Å²) >= 11 is 0. The van der Waals surface area contributed by atoms with E-state index in [1.807, 2.05) is 4.90 Å². The van der Waals surface area contributed by atoms with E-state index >= 15 is 4.39 Å². The number of H-pyrrole nitrogens is 1. The molecule has 2 saturated heterocycles. The van der Waals surface area contributed by atoms with E-state index in [4.69, 9.17) is 18.9 Å². The number of nitro groups is 1. The number of aromatic amines is 1. The first kappa shape index (κ1) is 52.9. The molecule has 5 heterocycles. The van der Waals surface area contributed by atoms with Crippen molar-refractivity contribution in [3.8, 4) is 23.1 Å². The van der Waals surface area contributed by atoms with Crippen LogP contribution in [0.15, 0.2) is 71.8 Å². The number of fused-ring (bicyclic) bond motifs is 2. The number of methoxy groups -OCH3 is 1. The SMILES string of the molecule is COCCOc1nc2[nH]cc(F)c2cc1Oc1cc(N2CCC3(CC2)CC(N2CCN(C(C)=O)C[C@@H]2c2ccccc2C(C)C)C3)ccc1C(=O)NS(=O)(=O)c1cc2c(c([N+](=O)[O-])c1)N[C@@H]([C@H]1CC[C@](C)(O)CC1)CO2. The highest BCUT2D eigenvalue weighted by atomic mass is 32.2. The van der Waals surface area contributed by atoms with Crippen LogP contribution in [0.25, 0.3) is 11.0 Å². The summed E-state index contributed by atoms with van der Waals surface area (Å²) < 4.78 is 69.1. The zero-order chi connectivity index (χ0) is 53.7. The molecule has 21 heteroatoms. The standard InChI is InChI=1S/C55H67FN8O11S/c1-33(2)39-8-6-7-9-40(39)46-31-62(34(3)65)20-21-63(46)37-28-55(29-37)16-18-61(19-17-55)36-10-11-41(47(24-36)75-49-27-42-43(56)30-57-51(42)59-53(49)73-23-22-72-5)52(66)60-76(70,71)38-25-45(64(68)69)50-48(26-38)74-32-44(58-50)35-12-14-54(4,67)15-13-35/h6-11,24-27,30,33,35,37,44,46,58,67H,12-23,28-29,31-32H2,1-5H3,(H,57,59)(H,60,66)/t35-,44-,46-,54-/m1/s1. The van der Waals surface area contributed by atoms with E-state index in [0.717, 1.165) is 50.6 Å². The zero-order valence-corrected chi connectivity index (χ0v) is 44.4. The molecule has 0 bridgehead atoms. The molecule has 2 saturated carbocycles. The lowest BCUT2D eigenvalue weighted by Crippen LogP contribution is -2.60. The van der Waals surface area contributed by atoms with Gasteiger partial charge in [-0.3, -0.25) is 24.6 Å². The summed E-state index contributed by atoms with van der Waals surface area (Å²) in [7, 11) is -3.30. The van der Waals surface area contributed by atoms with Gasteiger partial charge in [0.25, 0.3) is 27.5 Å². The van der Waals surface area contributed by atoms with Crippen LogP contribution < -0.4 is 29.1 Å². The molecular weight excluding hydrogens is 1000 g/mol. The topological polar surface area (TPSA) is 231 Å². The molecule has 2 atom stereocenters. The maximum absolute atomic E-state index is 15.1. The number of nitrogens with one attached hydrogen (secondary N) is 3. The van der Waals surface area contributed by atoms with E-state index in [2.05, 4.69) is 67.9 Å². The highest BCUT2D eigenvalue weighted by molar-refractivity contribution is 7.90. The van der Waals surface area contributed by atoms with E-state index in [1.54, 1.807) is 26.0 Å². The number of sulfonamides is 1. The number of anilines is 2. The summed E-state index contributed by atoms with van der Waals surface area (Å²) in [6.45, 7) is 11.7. The summed E-state index contributed by atoms with van der Waals surface area (Å²) in [6, 6.07) is 17.0. The van der Waals surface area contributed by atoms with Crippen molar-refractivity contribution in [3.63, 3.8) is 0 Å². The van der Waals surface area contributed by atoms with Crippen molar-refractivity contribution in [2.45, 2.75) is 114 Å². The van der Waals surface area contributed by atoms with E-state index in [-0.39, 0.29) is 94.6 Å². The average molecular weight is 1070 g/mol. The zero-order valence-electron chi connectivity index (χ0n) is 43.6. The molecular formula is C55H67FN8O11S. The van der Waals surface area contributed by atoms with Crippen molar-refractivity contribution in [2.75, 3.05) is 69.9 Å². The third-order valence-electron chi connectivity index (χ3n) is 16.6. The van der Waals surface area contributed by atoms with Gasteiger partial charge in [0, 0.05) is 88.9 Å². The number of pyridine rings is 1. The van der Waals surface area contributed by atoms with Crippen molar-refractivity contribution < 1.29 is 51.4 Å². The molecule has 2 aromatic heterocycles. The summed E-state index contributed by atoms with van der Waals surface area (Å²) in [6.07, 6.45) is 7.50. The Labute approximate surface area is 441 Å². The average Bonchev–Trinajstić information content (AvgIpc) is 3.77. The van der Waals surface area contributed by atoms with Gasteiger partial charge in [-0.05, 0) is 98.8 Å². The second-order valence-electron chi connectivity index (χ2n) is 21.9. The highest BCUT2D eigenvalue weighted by Gasteiger charge is 2.50. The van der Waals surface area contributed by atoms with Crippen molar-refractivity contribution in [2.24, 2.45) is 11.3 Å². The minimum atomic E-state index is -4.80. The van der Waals surface area contributed by atoms with E-state index in [1.165, 1.54) is 30.4 Å². The van der Waals surface area contributed by atoms with Gasteiger partial charge in [-0.1, -0.05) is 38.1 Å². The largest absolute Gasteiger partial charge is 0.489 e. The second-order valence-corrected chi connectivity index (χ2v) is 23.6. The van der Waals surface area contributed by atoms with Crippen molar-refractivity contribution in [3.05, 3.63) is 99.5 Å². The summed E-state index contributed by atoms with van der Waals surface area (Å²) in [5.41, 5.74) is 2.08. The number of carbonyl (C=O) groups excluding carboxylic acids is 2. The van der Waals surface area contributed by atoms with E-state index < -0.39 is 42.9 Å². The highest BCUT2D eigenvalue weighted by Crippen LogP contribution is 2.54. The van der Waals surface area contributed by atoms with Gasteiger partial charge in [-0.2, -0.15) is 4.98 Å². The van der Waals surface area contributed by atoms with Crippen LogP contribution in [0.2, 0.25) is 0 Å². The second kappa shape index (κ2) is 21.1. The fraction of sp³-hybridized carbons (Fsp3) is 0.509. The Morgan fingerprint density at radius 1 is 1.01 bits per heavy atom. The molecule has 3 aliphatic heterocycles. The number of aliphatic hydroxyl groups is 1. The molecule has 76 heavy (non-hydrogen) atoms. The van der Waals surface area contributed by atoms with E-state index in [0.29, 0.717) is 69.5 Å². The van der Waals surface area contributed by atoms with Gasteiger partial charge >= 0.3 is 0 Å². The molecule has 4 fully saturated rings. The third-order valence-corrected chi connectivity index (χ3v) is 17.9. The smallest absolute Gasteiger partial charge is 0.297 e. The van der Waals surface area contributed by atoms with Crippen molar-refractivity contribution in [1.29, 1.82) is 0 Å². The molecule has 2 amide bonds. The Balaban J connectivity index is 0.900. The quantitative estimate of drug-likeness (QED) is 0.0438. The number of piperidine rings is 1. The first-order chi connectivity index (χ1) is 36.3. The molecule has 10 rings (SSSR count). The molecule has 4 N–H and O–H groups in total. The van der Waals surface area contributed by atoms with Crippen LogP contribution in [-0.4, -0.2) is 127 Å². The molecule has 5 aromatic rings. The Kier molecular flexibility index (Phi) is 14.7. The van der Waals surface area contributed by atoms with Gasteiger partial charge in [0.05, 0.1) is 45.1 Å². The van der Waals surface area contributed by atoms with Crippen LogP contribution in [0.5, 0.6) is 23.1 Å². The van der Waals surface area contributed by atoms with Gasteiger partial charge < -0.3 is 44.2 Å². The number of rotatable bonds is 15. The maximum Gasteiger partial charge on any atom is 0.297 e. The van der Waals surface area contributed by atoms with E-state index in [9.17, 15) is 33.2 Å². The number of hydrogen-bond donors (Lipinski definition) is 4.